The summed E-state index contributed by atoms with van der Waals surface area (Å²) in [6, 6.07) is -0.238. The van der Waals surface area contributed by atoms with Gasteiger partial charge in [0.25, 0.3) is 0 Å². The van der Waals surface area contributed by atoms with E-state index >= 15 is 0 Å². The number of ether oxygens (including phenoxy) is 1. The lowest BCUT2D eigenvalue weighted by Crippen LogP contribution is -2.47. The van der Waals surface area contributed by atoms with Crippen molar-refractivity contribution in [1.29, 1.82) is 0 Å². The molecular weight excluding hydrogens is 248 g/mol. The SMILES string of the molecule is CCCN(CC(=O)O)C(=O)N(C)CC1CCCCO1. The number of carbonyl (C=O) groups excluding carboxylic acids is 1. The Balaban J connectivity index is 2.48. The number of amides is 2. The molecule has 0 bridgehead atoms. The second kappa shape index (κ2) is 7.99. The molecule has 1 fully saturated rings. The second-order valence-electron chi connectivity index (χ2n) is 4.97. The third-order valence-corrected chi connectivity index (χ3v) is 3.17. The van der Waals surface area contributed by atoms with E-state index in [1.54, 1.807) is 11.9 Å². The Morgan fingerprint density at radius 2 is 2.11 bits per heavy atom. The summed E-state index contributed by atoms with van der Waals surface area (Å²) in [6.07, 6.45) is 3.99. The lowest BCUT2D eigenvalue weighted by molar-refractivity contribution is -0.137. The molecule has 0 aromatic heterocycles. The van der Waals surface area contributed by atoms with Crippen LogP contribution in [0.15, 0.2) is 0 Å². The number of rotatable bonds is 6. The van der Waals surface area contributed by atoms with E-state index in [-0.39, 0.29) is 18.7 Å². The molecule has 0 saturated carbocycles. The number of carboxylic acid groups (broad SMARTS) is 1. The first-order valence-corrected chi connectivity index (χ1v) is 6.88. The van der Waals surface area contributed by atoms with Crippen molar-refractivity contribution in [3.8, 4) is 0 Å². The molecule has 0 radical (unpaired) electrons. The Hall–Kier alpha value is -1.30. The van der Waals surface area contributed by atoms with Crippen molar-refractivity contribution in [1.82, 2.24) is 9.80 Å². The van der Waals surface area contributed by atoms with E-state index in [4.69, 9.17) is 9.84 Å². The van der Waals surface area contributed by atoms with E-state index in [0.29, 0.717) is 13.1 Å². The number of aliphatic carboxylic acids is 1. The summed E-state index contributed by atoms with van der Waals surface area (Å²) >= 11 is 0. The normalized spacial score (nSPS) is 18.9. The Morgan fingerprint density at radius 1 is 1.37 bits per heavy atom. The topological polar surface area (TPSA) is 70.1 Å². The minimum Gasteiger partial charge on any atom is -0.480 e. The van der Waals surface area contributed by atoms with Gasteiger partial charge in [0.2, 0.25) is 0 Å². The van der Waals surface area contributed by atoms with E-state index in [9.17, 15) is 9.59 Å². The van der Waals surface area contributed by atoms with Crippen molar-refractivity contribution in [3.63, 3.8) is 0 Å². The van der Waals surface area contributed by atoms with Crippen molar-refractivity contribution < 1.29 is 19.4 Å². The monoisotopic (exact) mass is 272 g/mol. The molecule has 1 aliphatic heterocycles. The van der Waals surface area contributed by atoms with Crippen LogP contribution in [0, 0.1) is 0 Å². The number of nitrogens with zero attached hydrogens (tertiary/aromatic N) is 2. The summed E-state index contributed by atoms with van der Waals surface area (Å²) in [5.41, 5.74) is 0. The molecule has 1 N–H and O–H groups in total. The molecule has 0 aromatic rings. The number of hydrogen-bond acceptors (Lipinski definition) is 3. The minimum absolute atomic E-state index is 0.0796. The zero-order valence-corrected chi connectivity index (χ0v) is 11.8. The quantitative estimate of drug-likeness (QED) is 0.793. The minimum atomic E-state index is -0.982. The van der Waals surface area contributed by atoms with Crippen LogP contribution in [0.1, 0.15) is 32.6 Å². The molecule has 1 rings (SSSR count). The highest BCUT2D eigenvalue weighted by molar-refractivity contribution is 5.80. The molecule has 2 amide bonds. The Labute approximate surface area is 114 Å². The first-order chi connectivity index (χ1) is 9.04. The van der Waals surface area contributed by atoms with E-state index in [0.717, 1.165) is 32.3 Å². The third kappa shape index (κ3) is 5.46. The van der Waals surface area contributed by atoms with Gasteiger partial charge >= 0.3 is 12.0 Å². The summed E-state index contributed by atoms with van der Waals surface area (Å²) in [6.45, 7) is 3.41. The summed E-state index contributed by atoms with van der Waals surface area (Å²) in [5, 5.41) is 8.83. The van der Waals surface area contributed by atoms with Crippen LogP contribution in [0.3, 0.4) is 0 Å². The second-order valence-corrected chi connectivity index (χ2v) is 4.97. The average Bonchev–Trinajstić information content (AvgIpc) is 2.38. The molecule has 6 nitrogen and oxygen atoms in total. The molecule has 19 heavy (non-hydrogen) atoms. The van der Waals surface area contributed by atoms with E-state index < -0.39 is 5.97 Å². The lowest BCUT2D eigenvalue weighted by atomic mass is 10.1. The molecular formula is C13H24N2O4. The largest absolute Gasteiger partial charge is 0.480 e. The van der Waals surface area contributed by atoms with Gasteiger partial charge in [-0.3, -0.25) is 4.79 Å². The zero-order chi connectivity index (χ0) is 14.3. The van der Waals surface area contributed by atoms with Gasteiger partial charge in [0, 0.05) is 26.7 Å². The van der Waals surface area contributed by atoms with Crippen molar-refractivity contribution in [3.05, 3.63) is 0 Å². The van der Waals surface area contributed by atoms with Crippen molar-refractivity contribution in [2.75, 3.05) is 33.3 Å². The fraction of sp³-hybridized carbons (Fsp3) is 0.846. The number of carboxylic acids is 1. The highest BCUT2D eigenvalue weighted by Gasteiger charge is 2.23. The van der Waals surface area contributed by atoms with Gasteiger partial charge < -0.3 is 19.6 Å². The van der Waals surface area contributed by atoms with Gasteiger partial charge in [-0.25, -0.2) is 4.79 Å². The molecule has 1 aliphatic rings. The summed E-state index contributed by atoms with van der Waals surface area (Å²) in [5.74, 6) is -0.982. The van der Waals surface area contributed by atoms with E-state index in [1.807, 2.05) is 6.92 Å². The highest BCUT2D eigenvalue weighted by atomic mass is 16.5. The molecule has 0 aliphatic carbocycles. The summed E-state index contributed by atoms with van der Waals surface area (Å²) in [7, 11) is 1.70. The number of carbonyl (C=O) groups is 2. The van der Waals surface area contributed by atoms with Gasteiger partial charge in [-0.05, 0) is 25.7 Å². The standard InChI is InChI=1S/C13H24N2O4/c1-3-7-15(10-12(16)17)13(18)14(2)9-11-6-4-5-8-19-11/h11H,3-10H2,1-2H3,(H,16,17). The maximum atomic E-state index is 12.2. The predicted octanol–water partition coefficient (Wildman–Crippen LogP) is 1.40. The van der Waals surface area contributed by atoms with Crippen LogP contribution in [0.5, 0.6) is 0 Å². The molecule has 1 heterocycles. The van der Waals surface area contributed by atoms with Gasteiger partial charge in [-0.2, -0.15) is 0 Å². The van der Waals surface area contributed by atoms with Gasteiger partial charge in [-0.1, -0.05) is 6.92 Å². The van der Waals surface area contributed by atoms with Crippen LogP contribution in [0.25, 0.3) is 0 Å². The summed E-state index contributed by atoms with van der Waals surface area (Å²) in [4.78, 5) is 25.9. The van der Waals surface area contributed by atoms with Crippen LogP contribution in [0.2, 0.25) is 0 Å². The van der Waals surface area contributed by atoms with Crippen molar-refractivity contribution >= 4 is 12.0 Å². The van der Waals surface area contributed by atoms with Crippen LogP contribution in [-0.4, -0.2) is 66.3 Å². The van der Waals surface area contributed by atoms with Gasteiger partial charge in [-0.15, -0.1) is 0 Å². The maximum Gasteiger partial charge on any atom is 0.323 e. The molecule has 1 unspecified atom stereocenters. The van der Waals surface area contributed by atoms with Crippen molar-refractivity contribution in [2.45, 2.75) is 38.7 Å². The highest BCUT2D eigenvalue weighted by Crippen LogP contribution is 2.14. The summed E-state index contributed by atoms with van der Waals surface area (Å²) < 4.78 is 5.59. The Bertz CT molecular complexity index is 303. The Morgan fingerprint density at radius 3 is 2.63 bits per heavy atom. The lowest BCUT2D eigenvalue weighted by Gasteiger charge is -2.31. The van der Waals surface area contributed by atoms with Crippen LogP contribution in [-0.2, 0) is 9.53 Å². The number of likely N-dealkylation sites (N-methyl/N-ethyl adjacent to an activating group) is 1. The molecule has 1 atom stereocenters. The first-order valence-electron chi connectivity index (χ1n) is 6.88. The first kappa shape index (κ1) is 15.8. The molecule has 6 heteroatoms. The molecule has 0 aromatic carbocycles. The fourth-order valence-corrected chi connectivity index (χ4v) is 2.25. The van der Waals surface area contributed by atoms with Crippen LogP contribution in [0.4, 0.5) is 4.79 Å². The van der Waals surface area contributed by atoms with Crippen LogP contribution >= 0.6 is 0 Å². The van der Waals surface area contributed by atoms with E-state index in [1.165, 1.54) is 4.90 Å². The number of urea groups is 1. The Kier molecular flexibility index (Phi) is 6.62. The van der Waals surface area contributed by atoms with Gasteiger partial charge in [0.05, 0.1) is 6.10 Å². The predicted molar refractivity (Wildman–Crippen MR) is 71.1 cm³/mol. The smallest absolute Gasteiger partial charge is 0.323 e. The van der Waals surface area contributed by atoms with Crippen LogP contribution < -0.4 is 0 Å². The molecule has 1 saturated heterocycles. The maximum absolute atomic E-state index is 12.2. The molecule has 0 spiro atoms. The third-order valence-electron chi connectivity index (χ3n) is 3.17. The van der Waals surface area contributed by atoms with Gasteiger partial charge in [0.1, 0.15) is 6.54 Å². The number of hydrogen-bond donors (Lipinski definition) is 1. The average molecular weight is 272 g/mol. The van der Waals surface area contributed by atoms with E-state index in [2.05, 4.69) is 0 Å². The molecule has 110 valence electrons. The zero-order valence-electron chi connectivity index (χ0n) is 11.8. The fourth-order valence-electron chi connectivity index (χ4n) is 2.25. The van der Waals surface area contributed by atoms with Gasteiger partial charge in [0.15, 0.2) is 0 Å². The van der Waals surface area contributed by atoms with Crippen molar-refractivity contribution in [2.24, 2.45) is 0 Å².